The number of nitrogens with zero attached hydrogens (tertiary/aromatic N) is 4. The van der Waals surface area contributed by atoms with Crippen LogP contribution in [0.1, 0.15) is 18.2 Å². The molecule has 0 saturated heterocycles. The fourth-order valence-electron chi connectivity index (χ4n) is 3.09. The van der Waals surface area contributed by atoms with E-state index >= 15 is 0 Å². The van der Waals surface area contributed by atoms with E-state index < -0.39 is 0 Å². The van der Waals surface area contributed by atoms with Gasteiger partial charge in [0, 0.05) is 17.4 Å². The fraction of sp³-hybridized carbons (Fsp3) is 0.200. The Bertz CT molecular complexity index is 1210. The van der Waals surface area contributed by atoms with Gasteiger partial charge in [-0.2, -0.15) is 9.50 Å². The highest BCUT2D eigenvalue weighted by atomic mass is 32.1. The molecule has 0 saturated carbocycles. The number of thiophene rings is 1. The molecule has 1 aromatic carbocycles. The molecule has 1 N–H and O–H groups in total. The largest absolute Gasteiger partial charge is 0.324 e. The zero-order chi connectivity index (χ0) is 19.7. The number of benzene rings is 1. The molecule has 0 radical (unpaired) electrons. The number of rotatable bonds is 5. The monoisotopic (exact) mass is 393 g/mol. The average molecular weight is 393 g/mol. The predicted octanol–water partition coefficient (Wildman–Crippen LogP) is 3.13. The quantitative estimate of drug-likeness (QED) is 0.565. The Kier molecular flexibility index (Phi) is 4.79. The maximum Gasteiger partial charge on any atom is 0.275 e. The van der Waals surface area contributed by atoms with Gasteiger partial charge < -0.3 is 9.88 Å². The van der Waals surface area contributed by atoms with Crippen molar-refractivity contribution in [3.8, 4) is 10.7 Å². The van der Waals surface area contributed by atoms with E-state index in [2.05, 4.69) is 15.4 Å². The van der Waals surface area contributed by atoms with Crippen molar-refractivity contribution in [1.29, 1.82) is 0 Å². The molecule has 28 heavy (non-hydrogen) atoms. The van der Waals surface area contributed by atoms with Gasteiger partial charge in [0.15, 0.2) is 5.82 Å². The molecule has 0 spiro atoms. The molecule has 0 aliphatic carbocycles. The second-order valence-corrected chi connectivity index (χ2v) is 7.34. The topological polar surface area (TPSA) is 81.3 Å². The van der Waals surface area contributed by atoms with E-state index in [1.165, 1.54) is 21.9 Å². The van der Waals surface area contributed by atoms with E-state index in [0.29, 0.717) is 17.3 Å². The van der Waals surface area contributed by atoms with Crippen LogP contribution < -0.4 is 10.9 Å². The summed E-state index contributed by atoms with van der Waals surface area (Å²) in [7, 11) is 0. The number of fused-ring (bicyclic) bond motifs is 1. The minimum absolute atomic E-state index is 0.0379. The summed E-state index contributed by atoms with van der Waals surface area (Å²) >= 11 is 1.50. The van der Waals surface area contributed by atoms with Gasteiger partial charge in [-0.25, -0.2) is 0 Å². The smallest absolute Gasteiger partial charge is 0.275 e. The van der Waals surface area contributed by atoms with Gasteiger partial charge in [0.1, 0.15) is 6.54 Å². The van der Waals surface area contributed by atoms with Crippen LogP contribution in [-0.2, 0) is 17.8 Å². The molecule has 0 bridgehead atoms. The zero-order valence-electron chi connectivity index (χ0n) is 15.5. The number of hydrogen-bond acceptors (Lipinski definition) is 5. The first-order valence-electron chi connectivity index (χ1n) is 8.95. The summed E-state index contributed by atoms with van der Waals surface area (Å²) in [5.41, 5.74) is 2.25. The Labute approximate surface area is 165 Å². The van der Waals surface area contributed by atoms with Crippen LogP contribution in [-0.4, -0.2) is 25.1 Å². The number of carbonyl (C=O) groups is 1. The van der Waals surface area contributed by atoms with Crippen LogP contribution in [0.25, 0.3) is 16.5 Å². The van der Waals surface area contributed by atoms with Crippen LogP contribution in [0.4, 0.5) is 5.69 Å². The number of aryl methyl sites for hydroxylation is 2. The van der Waals surface area contributed by atoms with E-state index in [1.807, 2.05) is 48.7 Å². The Hall–Kier alpha value is -3.26. The van der Waals surface area contributed by atoms with Crippen LogP contribution in [0.2, 0.25) is 0 Å². The van der Waals surface area contributed by atoms with E-state index in [-0.39, 0.29) is 18.0 Å². The fourth-order valence-corrected chi connectivity index (χ4v) is 3.74. The molecule has 0 aliphatic heterocycles. The van der Waals surface area contributed by atoms with E-state index in [0.717, 1.165) is 22.5 Å². The van der Waals surface area contributed by atoms with Crippen molar-refractivity contribution < 1.29 is 4.79 Å². The van der Waals surface area contributed by atoms with Gasteiger partial charge >= 0.3 is 0 Å². The summed E-state index contributed by atoms with van der Waals surface area (Å²) in [6.07, 6.45) is 0.825. The van der Waals surface area contributed by atoms with Crippen molar-refractivity contribution >= 4 is 28.7 Å². The summed E-state index contributed by atoms with van der Waals surface area (Å²) in [5.74, 6) is 0.644. The Morgan fingerprint density at radius 3 is 2.79 bits per heavy atom. The van der Waals surface area contributed by atoms with E-state index in [9.17, 15) is 9.59 Å². The predicted molar refractivity (Wildman–Crippen MR) is 110 cm³/mol. The van der Waals surface area contributed by atoms with Gasteiger partial charge in [0.25, 0.3) is 5.56 Å². The Balaban J connectivity index is 1.70. The summed E-state index contributed by atoms with van der Waals surface area (Å²) in [5, 5.41) is 9.21. The number of hydrogen-bond donors (Lipinski definition) is 1. The molecular weight excluding hydrogens is 374 g/mol. The van der Waals surface area contributed by atoms with Crippen molar-refractivity contribution in [3.63, 3.8) is 0 Å². The highest BCUT2D eigenvalue weighted by Crippen LogP contribution is 2.21. The van der Waals surface area contributed by atoms with Crippen molar-refractivity contribution in [3.05, 3.63) is 69.5 Å². The molecule has 4 aromatic rings. The van der Waals surface area contributed by atoms with Crippen molar-refractivity contribution in [2.24, 2.45) is 0 Å². The number of nitrogens with one attached hydrogen (secondary N) is 1. The second kappa shape index (κ2) is 7.40. The lowest BCUT2D eigenvalue weighted by Crippen LogP contribution is -2.25. The van der Waals surface area contributed by atoms with Crippen LogP contribution in [0.15, 0.2) is 52.6 Å². The lowest BCUT2D eigenvalue weighted by Gasteiger charge is -2.13. The normalized spacial score (nSPS) is 11.1. The van der Waals surface area contributed by atoms with Gasteiger partial charge in [-0.15, -0.1) is 16.4 Å². The lowest BCUT2D eigenvalue weighted by molar-refractivity contribution is -0.116. The third kappa shape index (κ3) is 3.34. The summed E-state index contributed by atoms with van der Waals surface area (Å²) in [4.78, 5) is 30.4. The van der Waals surface area contributed by atoms with Crippen LogP contribution in [0.5, 0.6) is 0 Å². The number of para-hydroxylation sites is 1. The lowest BCUT2D eigenvalue weighted by atomic mass is 10.1. The minimum atomic E-state index is -0.268. The van der Waals surface area contributed by atoms with Crippen LogP contribution >= 0.6 is 11.3 Å². The summed E-state index contributed by atoms with van der Waals surface area (Å²) in [6, 6.07) is 13.0. The maximum absolute atomic E-state index is 12.7. The highest BCUT2D eigenvalue weighted by molar-refractivity contribution is 7.13. The second-order valence-electron chi connectivity index (χ2n) is 6.39. The third-order valence-electron chi connectivity index (χ3n) is 4.51. The molecule has 142 valence electrons. The van der Waals surface area contributed by atoms with Crippen LogP contribution in [0.3, 0.4) is 0 Å². The van der Waals surface area contributed by atoms with Crippen molar-refractivity contribution in [2.45, 2.75) is 26.8 Å². The highest BCUT2D eigenvalue weighted by Gasteiger charge is 2.16. The average Bonchev–Trinajstić information content (AvgIpc) is 3.35. The number of carbonyl (C=O) groups excluding carboxylic acids is 1. The molecule has 0 unspecified atom stereocenters. The first-order valence-corrected chi connectivity index (χ1v) is 9.83. The maximum atomic E-state index is 12.7. The van der Waals surface area contributed by atoms with Gasteiger partial charge in [-0.05, 0) is 36.4 Å². The third-order valence-corrected chi connectivity index (χ3v) is 5.38. The molecule has 7 nitrogen and oxygen atoms in total. The first-order chi connectivity index (χ1) is 13.6. The molecule has 4 rings (SSSR count). The van der Waals surface area contributed by atoms with Gasteiger partial charge in [-0.1, -0.05) is 31.2 Å². The van der Waals surface area contributed by atoms with Crippen molar-refractivity contribution in [1.82, 2.24) is 19.2 Å². The molecule has 0 aliphatic rings. The first kappa shape index (κ1) is 18.1. The molecule has 0 atom stereocenters. The zero-order valence-corrected chi connectivity index (χ0v) is 16.4. The molecular formula is C20H19N5O2S. The molecule has 3 aromatic heterocycles. The van der Waals surface area contributed by atoms with E-state index in [1.54, 1.807) is 11.5 Å². The summed E-state index contributed by atoms with van der Waals surface area (Å²) in [6.45, 7) is 3.87. The molecule has 8 heteroatoms. The Morgan fingerprint density at radius 2 is 2.04 bits per heavy atom. The number of aromatic nitrogens is 4. The molecule has 0 fully saturated rings. The van der Waals surface area contributed by atoms with Crippen LogP contribution in [0, 0.1) is 6.92 Å². The summed E-state index contributed by atoms with van der Waals surface area (Å²) < 4.78 is 2.95. The van der Waals surface area contributed by atoms with Gasteiger partial charge in [-0.3, -0.25) is 9.59 Å². The van der Waals surface area contributed by atoms with Gasteiger partial charge in [0.2, 0.25) is 11.7 Å². The standard InChI is InChI=1S/C20H19N5O2S/c1-3-14-7-4-5-8-15(14)21-17(26)12-24-13(2)11-18(27)25-20(24)22-19(23-25)16-9-6-10-28-16/h4-11H,3,12H2,1-2H3,(H,21,26). The minimum Gasteiger partial charge on any atom is -0.324 e. The van der Waals surface area contributed by atoms with Crippen molar-refractivity contribution in [2.75, 3.05) is 5.32 Å². The molecule has 3 heterocycles. The Morgan fingerprint density at radius 1 is 1.21 bits per heavy atom. The van der Waals surface area contributed by atoms with E-state index in [4.69, 9.17) is 0 Å². The number of anilines is 1. The SMILES string of the molecule is CCc1ccccc1NC(=O)Cn1c(C)cc(=O)n2nc(-c3cccs3)nc12. The molecule has 1 amide bonds. The van der Waals surface area contributed by atoms with Gasteiger partial charge in [0.05, 0.1) is 4.88 Å². The number of amides is 1.